The molecule has 69 heavy (non-hydrogen) atoms. The van der Waals surface area contributed by atoms with Crippen LogP contribution in [0.1, 0.15) is 158 Å². The molecule has 15 heteroatoms. The molecule has 2 aromatic carbocycles. The van der Waals surface area contributed by atoms with Crippen molar-refractivity contribution in [3.63, 3.8) is 0 Å². The minimum absolute atomic E-state index is 0. The average molecular weight is 1020 g/mol. The molecule has 3 N–H and O–H groups in total. The van der Waals surface area contributed by atoms with Crippen LogP contribution in [0.5, 0.6) is 0 Å². The lowest BCUT2D eigenvalue weighted by Gasteiger charge is -2.35. The number of carbonyl (C=O) groups excluding carboxylic acids is 5. The van der Waals surface area contributed by atoms with E-state index in [2.05, 4.69) is 99.7 Å². The van der Waals surface area contributed by atoms with Gasteiger partial charge in [-0.15, -0.1) is 23.5 Å². The zero-order chi connectivity index (χ0) is 51.3. The Labute approximate surface area is 427 Å². The number of rotatable bonds is 34. The molecular weight excluding hydrogens is 927 g/mol. The van der Waals surface area contributed by atoms with Gasteiger partial charge in [0.2, 0.25) is 27.5 Å². The van der Waals surface area contributed by atoms with Crippen LogP contribution in [0.3, 0.4) is 0 Å². The van der Waals surface area contributed by atoms with Crippen molar-refractivity contribution in [3.05, 3.63) is 94.7 Å². The maximum Gasteiger partial charge on any atom is 0.354 e. The fraction of sp³-hybridized carbons (Fsp3) is 0.611. The van der Waals surface area contributed by atoms with Gasteiger partial charge in [-0.25, -0.2) is 9.59 Å². The van der Waals surface area contributed by atoms with Gasteiger partial charge in [-0.3, -0.25) is 14.4 Å². The fourth-order valence-corrected chi connectivity index (χ4v) is 10.1. The summed E-state index contributed by atoms with van der Waals surface area (Å²) in [6.45, 7) is 25.5. The summed E-state index contributed by atoms with van der Waals surface area (Å²) in [5.41, 5.74) is 4.39. The van der Waals surface area contributed by atoms with Crippen molar-refractivity contribution in [1.82, 2.24) is 16.0 Å². The fourth-order valence-electron chi connectivity index (χ4n) is 6.87. The number of amides is 3. The van der Waals surface area contributed by atoms with E-state index in [4.69, 9.17) is 18.6 Å². The molecule has 0 heterocycles. The molecule has 0 saturated carbocycles. The molecule has 12 nitrogen and oxygen atoms in total. The van der Waals surface area contributed by atoms with Crippen LogP contribution in [-0.2, 0) is 54.1 Å². The first-order valence-electron chi connectivity index (χ1n) is 24.6. The predicted octanol–water partition coefficient (Wildman–Crippen LogP) is 12.8. The van der Waals surface area contributed by atoms with Crippen LogP contribution in [0, 0.1) is 0 Å². The van der Waals surface area contributed by atoms with E-state index in [1.165, 1.54) is 11.1 Å². The van der Waals surface area contributed by atoms with Gasteiger partial charge in [0.25, 0.3) is 5.95 Å². The van der Waals surface area contributed by atoms with Crippen LogP contribution >= 0.6 is 23.5 Å². The normalized spacial score (nSPS) is 13.7. The number of benzene rings is 2. The second-order valence-corrected chi connectivity index (χ2v) is 25.1. The maximum absolute atomic E-state index is 12.4. The zero-order valence-corrected chi connectivity index (χ0v) is 46.2. The Balaban J connectivity index is 0. The van der Waals surface area contributed by atoms with Gasteiger partial charge in [-0.05, 0) is 104 Å². The smallest absolute Gasteiger partial charge is 0.354 e. The molecule has 2 rings (SSSR count). The molecular formula is C54H91N3O9S2Si. The molecule has 0 aliphatic heterocycles. The van der Waals surface area contributed by atoms with Crippen molar-refractivity contribution in [1.29, 1.82) is 0 Å². The Morgan fingerprint density at radius 3 is 1.61 bits per heavy atom. The average Bonchev–Trinajstić information content (AvgIpc) is 3.31. The summed E-state index contributed by atoms with van der Waals surface area (Å²) in [7, 11) is -1.90. The highest BCUT2D eigenvalue weighted by molar-refractivity contribution is 8.00. The van der Waals surface area contributed by atoms with E-state index in [9.17, 15) is 24.0 Å². The van der Waals surface area contributed by atoms with E-state index in [1.807, 2.05) is 56.8 Å². The van der Waals surface area contributed by atoms with E-state index < -0.39 is 25.1 Å². The summed E-state index contributed by atoms with van der Waals surface area (Å²) in [4.78, 5) is 56.8. The molecule has 0 spiro atoms. The van der Waals surface area contributed by atoms with Crippen molar-refractivity contribution in [2.24, 2.45) is 0 Å². The third-order valence-corrected chi connectivity index (χ3v) is 14.5. The minimum Gasteiger partial charge on any atom is -0.518 e. The lowest BCUT2D eigenvalue weighted by atomic mass is 9.94. The summed E-state index contributed by atoms with van der Waals surface area (Å²) in [5.74, 6) is 1.32. The summed E-state index contributed by atoms with van der Waals surface area (Å²) >= 11 is 3.54. The van der Waals surface area contributed by atoms with Gasteiger partial charge >= 0.3 is 11.9 Å². The molecule has 0 aliphatic rings. The Hall–Kier alpha value is -4.21. The summed E-state index contributed by atoms with van der Waals surface area (Å²) < 4.78 is 21.5. The standard InChI is InChI=1S/C22H37NO3SSi.C19H29NO3S.C12H21NO3.CH4/c1-7-9-13-16-22(3,27-17-19-14-11-10-12-15-19)20(23-18-24)21(25-8-2)26-28(4,5)6;1-4-6-10-13-19(3,17(20-15-21)18(22)23-5-2)24-14-16-11-8-7-9-12-16;1-4-6-7-8-10(3)11(13-9-14)12(15)16-5-2;/h10-12,14-15,18H,7-9,13,16-17H2,1-6H3,(H,23,24);7-9,11-12,15,17H,4-6,10,13-14H2,1-3H3,(H,20,21);9H,4-8H2,1-3H3,(H,13,14);1H4/b21-20+;;11-10+;/t;17-,19?;;/m.0../s1. The van der Waals surface area contributed by atoms with Gasteiger partial charge in [0.05, 0.1) is 24.6 Å². The van der Waals surface area contributed by atoms with Gasteiger partial charge in [-0.1, -0.05) is 140 Å². The van der Waals surface area contributed by atoms with Crippen molar-refractivity contribution < 1.29 is 42.6 Å². The highest BCUT2D eigenvalue weighted by Crippen LogP contribution is 2.41. The van der Waals surface area contributed by atoms with Crippen LogP contribution in [0.15, 0.2) is 83.6 Å². The largest absolute Gasteiger partial charge is 0.518 e. The molecule has 0 aliphatic carbocycles. The van der Waals surface area contributed by atoms with E-state index in [0.717, 1.165) is 106 Å². The van der Waals surface area contributed by atoms with E-state index in [-0.39, 0.29) is 23.8 Å². The lowest BCUT2D eigenvalue weighted by Crippen LogP contribution is -2.52. The summed E-state index contributed by atoms with van der Waals surface area (Å²) in [6.07, 6.45) is 14.4. The maximum atomic E-state index is 12.4. The minimum atomic E-state index is -1.90. The molecule has 2 aromatic rings. The third-order valence-electron chi connectivity index (χ3n) is 10.6. The molecule has 3 atom stereocenters. The molecule has 392 valence electrons. The molecule has 0 fully saturated rings. The van der Waals surface area contributed by atoms with Gasteiger partial charge in [0, 0.05) is 16.3 Å². The molecule has 0 aromatic heterocycles. The first-order chi connectivity index (χ1) is 32.5. The highest BCUT2D eigenvalue weighted by Gasteiger charge is 2.40. The number of carbonyl (C=O) groups is 5. The monoisotopic (exact) mass is 1020 g/mol. The topological polar surface area (TPSA) is 158 Å². The Bertz CT molecular complexity index is 1760. The van der Waals surface area contributed by atoms with Crippen LogP contribution in [0.25, 0.3) is 0 Å². The van der Waals surface area contributed by atoms with Crippen LogP contribution in [0.2, 0.25) is 19.6 Å². The third kappa shape index (κ3) is 28.9. The van der Waals surface area contributed by atoms with Crippen molar-refractivity contribution in [2.75, 3.05) is 19.8 Å². The Morgan fingerprint density at radius 1 is 0.652 bits per heavy atom. The molecule has 0 radical (unpaired) electrons. The number of unbranched alkanes of at least 4 members (excludes halogenated alkanes) is 6. The van der Waals surface area contributed by atoms with E-state index in [1.54, 1.807) is 25.6 Å². The van der Waals surface area contributed by atoms with Crippen molar-refractivity contribution in [2.45, 2.75) is 193 Å². The quantitative estimate of drug-likeness (QED) is 0.0153. The molecule has 3 amide bonds. The van der Waals surface area contributed by atoms with Crippen molar-refractivity contribution >= 4 is 63.0 Å². The number of hydrogen-bond donors (Lipinski definition) is 3. The SMILES string of the molecule is C.CCCCC/C(C)=C(/NC=O)C(=O)OCC.CCCCCC(C)(SCc1ccccc1)/C(NC=O)=C(/OCC)O[Si](C)(C)C.CCCCCC(C)(SCc1ccccc1)[C@@H](NC=O)C(=O)OCC. The first-order valence-corrected chi connectivity index (χ1v) is 29.9. The second kappa shape index (κ2) is 39.5. The van der Waals surface area contributed by atoms with Gasteiger partial charge in [0.1, 0.15) is 17.4 Å². The van der Waals surface area contributed by atoms with Crippen LogP contribution in [-0.4, -0.2) is 74.8 Å². The van der Waals surface area contributed by atoms with Gasteiger partial charge in [0.15, 0.2) is 0 Å². The number of esters is 2. The summed E-state index contributed by atoms with van der Waals surface area (Å²) in [6, 6.07) is 19.9. The van der Waals surface area contributed by atoms with Gasteiger partial charge in [-0.2, -0.15) is 0 Å². The van der Waals surface area contributed by atoms with E-state index in [0.29, 0.717) is 38.6 Å². The number of thioether (sulfide) groups is 2. The second-order valence-electron chi connectivity index (χ2n) is 17.6. The number of nitrogens with one attached hydrogen (secondary N) is 3. The first kappa shape index (κ1) is 66.9. The van der Waals surface area contributed by atoms with Crippen LogP contribution < -0.4 is 16.0 Å². The zero-order valence-electron chi connectivity index (χ0n) is 43.6. The Morgan fingerprint density at radius 2 is 1.14 bits per heavy atom. The lowest BCUT2D eigenvalue weighted by molar-refractivity contribution is -0.147. The molecule has 0 saturated heterocycles. The summed E-state index contributed by atoms with van der Waals surface area (Å²) in [5, 5.41) is 8.06. The molecule has 0 bridgehead atoms. The number of ether oxygens (including phenoxy) is 3. The predicted molar refractivity (Wildman–Crippen MR) is 292 cm³/mol. The van der Waals surface area contributed by atoms with Crippen molar-refractivity contribution in [3.8, 4) is 0 Å². The van der Waals surface area contributed by atoms with E-state index >= 15 is 0 Å². The van der Waals surface area contributed by atoms with Gasteiger partial charge < -0.3 is 34.6 Å². The van der Waals surface area contributed by atoms with Crippen LogP contribution in [0.4, 0.5) is 0 Å². The number of allylic oxidation sites excluding steroid dienone is 1. The highest BCUT2D eigenvalue weighted by atomic mass is 32.2. The number of hydrogen-bond acceptors (Lipinski definition) is 11. The molecule has 2 unspecified atom stereocenters. The Kier molecular flexibility index (Phi) is 38.3.